The Morgan fingerprint density at radius 2 is 1.81 bits per heavy atom. The van der Waals surface area contributed by atoms with Gasteiger partial charge >= 0.3 is 6.09 Å². The Morgan fingerprint density at radius 1 is 1.08 bits per heavy atom. The van der Waals surface area contributed by atoms with Crippen molar-refractivity contribution >= 4 is 47.5 Å². The first-order chi connectivity index (χ1) is 17.4. The molecule has 0 fully saturated rings. The molecule has 0 spiro atoms. The molecule has 1 aromatic heterocycles. The van der Waals surface area contributed by atoms with Gasteiger partial charge in [0.15, 0.2) is 0 Å². The van der Waals surface area contributed by atoms with Crippen molar-refractivity contribution in [3.05, 3.63) is 75.4 Å². The molecule has 3 aromatic rings. The number of methoxy groups -OCH3 is 1. The van der Waals surface area contributed by atoms with Gasteiger partial charge in [0.05, 0.1) is 36.2 Å². The van der Waals surface area contributed by atoms with Crippen molar-refractivity contribution in [1.29, 1.82) is 0 Å². The molecule has 0 saturated carbocycles. The first kappa shape index (κ1) is 30.4. The summed E-state index contributed by atoms with van der Waals surface area (Å²) in [7, 11) is 1.23. The van der Waals surface area contributed by atoms with Crippen LogP contribution in [0.1, 0.15) is 46.9 Å². The third kappa shape index (κ3) is 9.51. The highest BCUT2D eigenvalue weighted by atomic mass is 35.5. The van der Waals surface area contributed by atoms with Gasteiger partial charge in [-0.25, -0.2) is 4.79 Å². The Hall–Kier alpha value is -2.85. The summed E-state index contributed by atoms with van der Waals surface area (Å²) in [6.45, 7) is 0.977. The van der Waals surface area contributed by atoms with Crippen LogP contribution in [-0.4, -0.2) is 48.3 Å². The minimum atomic E-state index is -0.824. The summed E-state index contributed by atoms with van der Waals surface area (Å²) in [6, 6.07) is 12.1. The number of hydrogen-bond acceptors (Lipinski definition) is 8. The highest BCUT2D eigenvalue weighted by Gasteiger charge is 2.26. The SMILES string of the molecule is COC(=O)N[C@@H](CCCCN)C(=O)c1noc(Cc2ccc(OCCc3ccc(Cl)c(Cl)c3)cc2)n1.Cl. The summed E-state index contributed by atoms with van der Waals surface area (Å²) in [6.07, 6.45) is 2.09. The second kappa shape index (κ2) is 15.4. The lowest BCUT2D eigenvalue weighted by atomic mass is 10.0. The van der Waals surface area contributed by atoms with Gasteiger partial charge in [-0.2, -0.15) is 4.98 Å². The van der Waals surface area contributed by atoms with E-state index in [4.69, 9.17) is 38.2 Å². The molecule has 1 heterocycles. The van der Waals surface area contributed by atoms with Crippen molar-refractivity contribution in [3.8, 4) is 5.75 Å². The zero-order valence-corrected chi connectivity index (χ0v) is 22.6. The molecular formula is C25H29Cl3N4O5. The van der Waals surface area contributed by atoms with Gasteiger partial charge in [-0.1, -0.05) is 46.6 Å². The van der Waals surface area contributed by atoms with Crippen molar-refractivity contribution in [1.82, 2.24) is 15.5 Å². The average molecular weight is 572 g/mol. The number of aromatic nitrogens is 2. The molecule has 0 aliphatic carbocycles. The largest absolute Gasteiger partial charge is 0.493 e. The maximum atomic E-state index is 12.8. The number of nitrogens with zero attached hydrogens (tertiary/aromatic N) is 2. The Kier molecular flexibility index (Phi) is 12.7. The molecular weight excluding hydrogens is 543 g/mol. The van der Waals surface area contributed by atoms with E-state index < -0.39 is 17.9 Å². The van der Waals surface area contributed by atoms with E-state index in [0.717, 1.165) is 23.3 Å². The van der Waals surface area contributed by atoms with Crippen LogP contribution >= 0.6 is 35.6 Å². The van der Waals surface area contributed by atoms with Gasteiger partial charge in [-0.15, -0.1) is 12.4 Å². The molecule has 0 bridgehead atoms. The zero-order valence-electron chi connectivity index (χ0n) is 20.2. The van der Waals surface area contributed by atoms with Crippen LogP contribution in [0.25, 0.3) is 0 Å². The van der Waals surface area contributed by atoms with Crippen LogP contribution in [0.3, 0.4) is 0 Å². The summed E-state index contributed by atoms with van der Waals surface area (Å²) in [4.78, 5) is 28.7. The van der Waals surface area contributed by atoms with Crippen molar-refractivity contribution in [2.45, 2.75) is 38.1 Å². The second-order valence-corrected chi connectivity index (χ2v) is 8.83. The van der Waals surface area contributed by atoms with Gasteiger partial charge in [-0.05, 0) is 61.2 Å². The van der Waals surface area contributed by atoms with Crippen LogP contribution in [0.2, 0.25) is 10.0 Å². The lowest BCUT2D eigenvalue weighted by Crippen LogP contribution is -2.41. The Labute approximate surface area is 231 Å². The molecule has 2 aromatic carbocycles. The smallest absolute Gasteiger partial charge is 0.407 e. The van der Waals surface area contributed by atoms with Crippen LogP contribution in [-0.2, 0) is 17.6 Å². The number of halogens is 3. The lowest BCUT2D eigenvalue weighted by Gasteiger charge is -2.14. The highest BCUT2D eigenvalue weighted by molar-refractivity contribution is 6.42. The molecule has 9 nitrogen and oxygen atoms in total. The van der Waals surface area contributed by atoms with Crippen LogP contribution < -0.4 is 15.8 Å². The molecule has 3 N–H and O–H groups in total. The number of carbonyl (C=O) groups excluding carboxylic acids is 2. The molecule has 0 radical (unpaired) electrons. The number of Topliss-reactive ketones (excluding diaryl/α,β-unsaturated/α-hetero) is 1. The van der Waals surface area contributed by atoms with Crippen LogP contribution in [0.15, 0.2) is 47.0 Å². The zero-order chi connectivity index (χ0) is 25.9. The van der Waals surface area contributed by atoms with Gasteiger partial charge in [-0.3, -0.25) is 4.79 Å². The number of ketones is 1. The molecule has 0 aliphatic rings. The maximum absolute atomic E-state index is 12.8. The van der Waals surface area contributed by atoms with Gasteiger partial charge in [0, 0.05) is 6.42 Å². The average Bonchev–Trinajstić information content (AvgIpc) is 3.34. The third-order valence-electron chi connectivity index (χ3n) is 5.35. The molecule has 200 valence electrons. The van der Waals surface area contributed by atoms with Gasteiger partial charge in [0.1, 0.15) is 5.75 Å². The quantitative estimate of drug-likeness (QED) is 0.215. The molecule has 1 amide bonds. The molecule has 1 atom stereocenters. The first-order valence-electron chi connectivity index (χ1n) is 11.5. The number of amides is 1. The number of benzene rings is 2. The van der Waals surface area contributed by atoms with Crippen LogP contribution in [0.5, 0.6) is 5.75 Å². The number of hydrogen-bond donors (Lipinski definition) is 2. The Balaban J connectivity index is 0.00000481. The number of unbranched alkanes of at least 4 members (excludes halogenated alkanes) is 1. The van der Waals surface area contributed by atoms with Gasteiger partial charge in [0.25, 0.3) is 0 Å². The minimum absolute atomic E-state index is 0. The van der Waals surface area contributed by atoms with E-state index in [0.29, 0.717) is 48.9 Å². The summed E-state index contributed by atoms with van der Waals surface area (Å²) >= 11 is 12.0. The fraction of sp³-hybridized carbons (Fsp3) is 0.360. The fourth-order valence-electron chi connectivity index (χ4n) is 3.41. The maximum Gasteiger partial charge on any atom is 0.407 e. The Morgan fingerprint density at radius 3 is 2.49 bits per heavy atom. The summed E-state index contributed by atoms with van der Waals surface area (Å²) in [5.74, 6) is 0.458. The molecule has 3 rings (SSSR count). The minimum Gasteiger partial charge on any atom is -0.493 e. The Bertz CT molecular complexity index is 1160. The predicted molar refractivity (Wildman–Crippen MR) is 143 cm³/mol. The van der Waals surface area contributed by atoms with Crippen molar-refractivity contribution in [3.63, 3.8) is 0 Å². The van der Waals surface area contributed by atoms with Crippen LogP contribution in [0, 0.1) is 0 Å². The summed E-state index contributed by atoms with van der Waals surface area (Å²) in [5.41, 5.74) is 7.46. The normalized spacial score (nSPS) is 11.4. The van der Waals surface area contributed by atoms with E-state index in [9.17, 15) is 9.59 Å². The van der Waals surface area contributed by atoms with E-state index in [-0.39, 0.29) is 24.1 Å². The third-order valence-corrected chi connectivity index (χ3v) is 6.09. The first-order valence-corrected chi connectivity index (χ1v) is 12.2. The van der Waals surface area contributed by atoms with E-state index in [1.54, 1.807) is 6.07 Å². The number of carbonyl (C=O) groups is 2. The predicted octanol–water partition coefficient (Wildman–Crippen LogP) is 5.05. The van der Waals surface area contributed by atoms with E-state index in [2.05, 4.69) is 20.2 Å². The molecule has 12 heteroatoms. The molecule has 0 aliphatic heterocycles. The van der Waals surface area contributed by atoms with E-state index in [1.807, 2.05) is 36.4 Å². The number of ether oxygens (including phenoxy) is 2. The number of rotatable bonds is 13. The second-order valence-electron chi connectivity index (χ2n) is 8.02. The van der Waals surface area contributed by atoms with Gasteiger partial charge < -0.3 is 25.0 Å². The number of nitrogens with one attached hydrogen (secondary N) is 1. The topological polar surface area (TPSA) is 130 Å². The van der Waals surface area contributed by atoms with Crippen molar-refractivity contribution in [2.24, 2.45) is 5.73 Å². The fourth-order valence-corrected chi connectivity index (χ4v) is 3.73. The van der Waals surface area contributed by atoms with Crippen molar-refractivity contribution < 1.29 is 23.6 Å². The molecule has 37 heavy (non-hydrogen) atoms. The summed E-state index contributed by atoms with van der Waals surface area (Å²) in [5, 5.41) is 7.36. The molecule has 0 saturated heterocycles. The highest BCUT2D eigenvalue weighted by Crippen LogP contribution is 2.23. The monoisotopic (exact) mass is 570 g/mol. The number of nitrogens with two attached hydrogens (primary N) is 1. The summed E-state index contributed by atoms with van der Waals surface area (Å²) < 4.78 is 15.7. The van der Waals surface area contributed by atoms with E-state index >= 15 is 0 Å². The van der Waals surface area contributed by atoms with E-state index in [1.165, 1.54) is 7.11 Å². The lowest BCUT2D eigenvalue weighted by molar-refractivity contribution is 0.0911. The van der Waals surface area contributed by atoms with Gasteiger partial charge in [0.2, 0.25) is 17.5 Å². The van der Waals surface area contributed by atoms with Crippen molar-refractivity contribution in [2.75, 3.05) is 20.3 Å². The standard InChI is InChI=1S/C25H28Cl2N4O5.ClH/c1-34-25(33)29-21(4-2-3-12-28)23(32)24-30-22(36-31-24)15-16-5-8-18(9-6-16)35-13-11-17-7-10-19(26)20(27)14-17;/h5-10,14,21H,2-4,11-13,15,28H2,1H3,(H,29,33);1H/t21-;/m0./s1. The number of alkyl carbamates (subject to hydrolysis) is 1. The molecule has 0 unspecified atom stereocenters. The van der Waals surface area contributed by atoms with Crippen LogP contribution in [0.4, 0.5) is 4.79 Å².